The molecule has 6 heteroatoms. The molecule has 2 fully saturated rings. The quantitative estimate of drug-likeness (QED) is 0.453. The third kappa shape index (κ3) is 1.31. The van der Waals surface area contributed by atoms with Crippen LogP contribution in [0.4, 0.5) is 5.69 Å². The Morgan fingerprint density at radius 1 is 1.26 bits per heavy atom. The minimum Gasteiger partial charge on any atom is -0.285 e. The van der Waals surface area contributed by atoms with Crippen LogP contribution in [0.2, 0.25) is 0 Å². The predicted molar refractivity (Wildman–Crippen MR) is 65.2 cm³/mol. The maximum absolute atomic E-state index is 11.9. The molecular weight excluding hydrogens is 248 g/mol. The summed E-state index contributed by atoms with van der Waals surface area (Å²) in [6, 6.07) is 6.19. The number of non-ortho nitro benzene ring substituents is 1. The van der Waals surface area contributed by atoms with E-state index in [2.05, 4.69) is 0 Å². The monoisotopic (exact) mass is 260 g/mol. The van der Waals surface area contributed by atoms with Gasteiger partial charge in [-0.3, -0.25) is 24.6 Å². The zero-order chi connectivity index (χ0) is 13.9. The fourth-order valence-electron chi connectivity index (χ4n) is 3.15. The first-order valence-electron chi connectivity index (χ1n) is 5.95. The van der Waals surface area contributed by atoms with Gasteiger partial charge < -0.3 is 0 Å². The van der Waals surface area contributed by atoms with E-state index >= 15 is 0 Å². The highest BCUT2D eigenvalue weighted by molar-refractivity contribution is 6.11. The van der Waals surface area contributed by atoms with Crippen LogP contribution in [0.3, 0.4) is 0 Å². The van der Waals surface area contributed by atoms with Gasteiger partial charge in [0.2, 0.25) is 11.8 Å². The molecule has 1 aliphatic heterocycles. The van der Waals surface area contributed by atoms with Gasteiger partial charge in [-0.25, -0.2) is 0 Å². The van der Waals surface area contributed by atoms with Gasteiger partial charge >= 0.3 is 0 Å². The number of amides is 2. The highest BCUT2D eigenvalue weighted by atomic mass is 16.6. The number of hydrogen-bond acceptors (Lipinski definition) is 4. The van der Waals surface area contributed by atoms with Crippen molar-refractivity contribution in [2.45, 2.75) is 12.3 Å². The predicted octanol–water partition coefficient (Wildman–Crippen LogP) is 1.10. The number of nitrogens with zero attached hydrogens (tertiary/aromatic N) is 2. The number of carbonyl (C=O) groups is 2. The van der Waals surface area contributed by atoms with E-state index in [0.717, 1.165) is 4.90 Å². The first-order chi connectivity index (χ1) is 8.89. The second-order valence-electron chi connectivity index (χ2n) is 5.28. The van der Waals surface area contributed by atoms with E-state index in [1.165, 1.54) is 19.2 Å². The largest absolute Gasteiger partial charge is 0.285 e. The van der Waals surface area contributed by atoms with E-state index in [-0.39, 0.29) is 29.3 Å². The first-order valence-corrected chi connectivity index (χ1v) is 5.95. The lowest BCUT2D eigenvalue weighted by atomic mass is 9.91. The molecule has 0 N–H and O–H groups in total. The summed E-state index contributed by atoms with van der Waals surface area (Å²) in [5.74, 6) is -1.12. The Labute approximate surface area is 109 Å². The number of nitro groups is 1. The number of hydrogen-bond donors (Lipinski definition) is 0. The van der Waals surface area contributed by atoms with Gasteiger partial charge in [0, 0.05) is 24.6 Å². The van der Waals surface area contributed by atoms with Gasteiger partial charge in [-0.15, -0.1) is 0 Å². The summed E-state index contributed by atoms with van der Waals surface area (Å²) >= 11 is 0. The molecule has 1 aliphatic carbocycles. The Balaban J connectivity index is 2.01. The van der Waals surface area contributed by atoms with Gasteiger partial charge in [0.1, 0.15) is 0 Å². The third-order valence-electron chi connectivity index (χ3n) is 4.39. The Kier molecular flexibility index (Phi) is 2.12. The molecule has 1 saturated carbocycles. The van der Waals surface area contributed by atoms with Crippen LogP contribution in [0.5, 0.6) is 0 Å². The highest BCUT2D eigenvalue weighted by Crippen LogP contribution is 2.64. The van der Waals surface area contributed by atoms with Crippen LogP contribution in [0.1, 0.15) is 12.5 Å². The Bertz CT molecular complexity index is 603. The summed E-state index contributed by atoms with van der Waals surface area (Å²) in [5.41, 5.74) is 0.0793. The van der Waals surface area contributed by atoms with Crippen molar-refractivity contribution in [1.82, 2.24) is 4.90 Å². The maximum Gasteiger partial charge on any atom is 0.269 e. The highest BCUT2D eigenvalue weighted by Gasteiger charge is 2.74. The zero-order valence-corrected chi connectivity index (χ0v) is 10.5. The molecule has 1 saturated heterocycles. The first kappa shape index (κ1) is 11.8. The summed E-state index contributed by atoms with van der Waals surface area (Å²) in [6.45, 7) is 1.82. The summed E-state index contributed by atoms with van der Waals surface area (Å²) in [7, 11) is 1.48. The number of benzene rings is 1. The van der Waals surface area contributed by atoms with Crippen molar-refractivity contribution >= 4 is 17.5 Å². The van der Waals surface area contributed by atoms with Crippen molar-refractivity contribution in [2.24, 2.45) is 11.8 Å². The number of piperidine rings is 1. The molecular formula is C13H12N2O4. The molecule has 0 bridgehead atoms. The number of rotatable bonds is 2. The third-order valence-corrected chi connectivity index (χ3v) is 4.39. The van der Waals surface area contributed by atoms with Crippen LogP contribution < -0.4 is 0 Å². The molecule has 0 radical (unpaired) electrons. The van der Waals surface area contributed by atoms with E-state index in [1.54, 1.807) is 12.1 Å². The Morgan fingerprint density at radius 3 is 2.37 bits per heavy atom. The van der Waals surface area contributed by atoms with Gasteiger partial charge in [0.05, 0.1) is 16.8 Å². The van der Waals surface area contributed by atoms with E-state index in [1.807, 2.05) is 6.92 Å². The van der Waals surface area contributed by atoms with Crippen molar-refractivity contribution in [3.05, 3.63) is 39.9 Å². The van der Waals surface area contributed by atoms with Crippen LogP contribution in [-0.4, -0.2) is 28.7 Å². The lowest BCUT2D eigenvalue weighted by Gasteiger charge is -2.19. The SMILES string of the molecule is CN1C(=O)C2C(C1=O)C2(C)c1cccc([N+](=O)[O-])c1. The van der Waals surface area contributed by atoms with Crippen molar-refractivity contribution in [3.63, 3.8) is 0 Å². The minimum atomic E-state index is -0.591. The van der Waals surface area contributed by atoms with Gasteiger partial charge in [0.15, 0.2) is 0 Å². The molecule has 1 aromatic rings. The maximum atomic E-state index is 11.9. The molecule has 2 unspecified atom stereocenters. The van der Waals surface area contributed by atoms with Gasteiger partial charge in [-0.1, -0.05) is 19.1 Å². The molecule has 6 nitrogen and oxygen atoms in total. The Morgan fingerprint density at radius 2 is 1.84 bits per heavy atom. The van der Waals surface area contributed by atoms with E-state index in [0.29, 0.717) is 5.56 Å². The van der Waals surface area contributed by atoms with E-state index in [4.69, 9.17) is 0 Å². The molecule has 3 rings (SSSR count). The topological polar surface area (TPSA) is 80.5 Å². The number of imide groups is 1. The number of fused-ring (bicyclic) bond motifs is 1. The average molecular weight is 260 g/mol. The lowest BCUT2D eigenvalue weighted by molar-refractivity contribution is -0.384. The van der Waals surface area contributed by atoms with Gasteiger partial charge in [-0.2, -0.15) is 0 Å². The standard InChI is InChI=1S/C13H12N2O4/c1-13(7-4-3-5-8(6-7)15(18)19)9-10(13)12(17)14(2)11(9)16/h3-6,9-10H,1-2H3. The van der Waals surface area contributed by atoms with Crippen LogP contribution in [0.15, 0.2) is 24.3 Å². The van der Waals surface area contributed by atoms with Crippen molar-refractivity contribution in [3.8, 4) is 0 Å². The normalized spacial score (nSPS) is 32.4. The van der Waals surface area contributed by atoms with Crippen LogP contribution in [0.25, 0.3) is 0 Å². The number of carbonyl (C=O) groups excluding carboxylic acids is 2. The van der Waals surface area contributed by atoms with Crippen molar-refractivity contribution < 1.29 is 14.5 Å². The average Bonchev–Trinajstić information content (AvgIpc) is 2.96. The fraction of sp³-hybridized carbons (Fsp3) is 0.385. The molecule has 0 spiro atoms. The van der Waals surface area contributed by atoms with Crippen LogP contribution in [0, 0.1) is 22.0 Å². The van der Waals surface area contributed by atoms with E-state index < -0.39 is 10.3 Å². The summed E-state index contributed by atoms with van der Waals surface area (Å²) < 4.78 is 0. The Hall–Kier alpha value is -2.24. The second-order valence-corrected chi connectivity index (χ2v) is 5.28. The molecule has 1 heterocycles. The fourth-order valence-corrected chi connectivity index (χ4v) is 3.15. The number of nitro benzene ring substituents is 1. The summed E-state index contributed by atoms with van der Waals surface area (Å²) in [6.07, 6.45) is 0. The summed E-state index contributed by atoms with van der Waals surface area (Å²) in [5, 5.41) is 10.8. The van der Waals surface area contributed by atoms with Gasteiger partial charge in [-0.05, 0) is 5.56 Å². The van der Waals surface area contributed by atoms with Crippen molar-refractivity contribution in [2.75, 3.05) is 7.05 Å². The molecule has 98 valence electrons. The molecule has 2 atom stereocenters. The molecule has 19 heavy (non-hydrogen) atoms. The molecule has 1 aromatic carbocycles. The minimum absolute atomic E-state index is 0.0167. The van der Waals surface area contributed by atoms with Crippen LogP contribution in [-0.2, 0) is 15.0 Å². The summed E-state index contributed by atoms with van der Waals surface area (Å²) in [4.78, 5) is 35.3. The molecule has 2 aliphatic rings. The lowest BCUT2D eigenvalue weighted by Crippen LogP contribution is -2.34. The number of likely N-dealkylation sites (tertiary alicyclic amines) is 1. The van der Waals surface area contributed by atoms with Crippen LogP contribution >= 0.6 is 0 Å². The van der Waals surface area contributed by atoms with E-state index in [9.17, 15) is 19.7 Å². The smallest absolute Gasteiger partial charge is 0.269 e. The second kappa shape index (κ2) is 3.40. The molecule has 0 aromatic heterocycles. The molecule has 2 amide bonds. The zero-order valence-electron chi connectivity index (χ0n) is 10.5. The van der Waals surface area contributed by atoms with Crippen molar-refractivity contribution in [1.29, 1.82) is 0 Å². The van der Waals surface area contributed by atoms with Gasteiger partial charge in [0.25, 0.3) is 5.69 Å².